The molecular formula is C23H24FNO4. The minimum absolute atomic E-state index is 0.179. The van der Waals surface area contributed by atoms with E-state index in [0.29, 0.717) is 43.9 Å². The predicted molar refractivity (Wildman–Crippen MR) is 109 cm³/mol. The number of anilines is 1. The quantitative estimate of drug-likeness (QED) is 0.589. The molecule has 0 saturated carbocycles. The number of hydrogen-bond donors (Lipinski definition) is 1. The Morgan fingerprint density at radius 1 is 1.17 bits per heavy atom. The third-order valence-corrected chi connectivity index (χ3v) is 5.03. The summed E-state index contributed by atoms with van der Waals surface area (Å²) in [7, 11) is 0. The van der Waals surface area contributed by atoms with Crippen molar-refractivity contribution >= 4 is 23.6 Å². The zero-order chi connectivity index (χ0) is 20.7. The Balaban J connectivity index is 1.75. The average molecular weight is 397 g/mol. The van der Waals surface area contributed by atoms with Gasteiger partial charge in [-0.2, -0.15) is 0 Å². The van der Waals surface area contributed by atoms with Crippen LogP contribution in [0.5, 0.6) is 0 Å². The normalized spacial score (nSPS) is 15.8. The van der Waals surface area contributed by atoms with Gasteiger partial charge in [-0.1, -0.05) is 24.3 Å². The lowest BCUT2D eigenvalue weighted by Crippen LogP contribution is -2.44. The van der Waals surface area contributed by atoms with E-state index in [2.05, 4.69) is 5.32 Å². The first-order valence-corrected chi connectivity index (χ1v) is 9.64. The van der Waals surface area contributed by atoms with Crippen molar-refractivity contribution < 1.29 is 23.5 Å². The van der Waals surface area contributed by atoms with Gasteiger partial charge in [0.1, 0.15) is 5.82 Å². The minimum atomic E-state index is -0.831. The van der Waals surface area contributed by atoms with E-state index >= 15 is 0 Å². The Morgan fingerprint density at radius 3 is 2.55 bits per heavy atom. The summed E-state index contributed by atoms with van der Waals surface area (Å²) in [4.78, 5) is 24.6. The lowest BCUT2D eigenvalue weighted by Gasteiger charge is -2.36. The van der Waals surface area contributed by atoms with Crippen LogP contribution in [-0.4, -0.2) is 31.7 Å². The van der Waals surface area contributed by atoms with Crippen molar-refractivity contribution in [1.29, 1.82) is 0 Å². The highest BCUT2D eigenvalue weighted by Gasteiger charge is 2.42. The van der Waals surface area contributed by atoms with Crippen molar-refractivity contribution in [3.8, 4) is 0 Å². The molecule has 2 aromatic rings. The Morgan fingerprint density at radius 2 is 1.90 bits per heavy atom. The molecule has 1 fully saturated rings. The molecule has 1 amide bonds. The lowest BCUT2D eigenvalue weighted by atomic mass is 9.73. The van der Waals surface area contributed by atoms with Crippen LogP contribution in [0.25, 0.3) is 6.08 Å². The van der Waals surface area contributed by atoms with Gasteiger partial charge in [0.2, 0.25) is 5.91 Å². The van der Waals surface area contributed by atoms with Gasteiger partial charge in [0, 0.05) is 25.0 Å². The highest BCUT2D eigenvalue weighted by Crippen LogP contribution is 2.36. The fourth-order valence-corrected chi connectivity index (χ4v) is 3.44. The summed E-state index contributed by atoms with van der Waals surface area (Å²) >= 11 is 0. The number of ether oxygens (including phenoxy) is 2. The molecule has 29 heavy (non-hydrogen) atoms. The molecule has 3 rings (SSSR count). The average Bonchev–Trinajstić information content (AvgIpc) is 2.74. The standard InChI is InChI=1S/C23H24FNO4/c1-2-29-21(26)11-8-17-6-9-20(10-7-17)25-22(27)23(12-14-28-15-13-23)18-4-3-5-19(24)16-18/h3-11,16H,2,12-15H2,1H3,(H,25,27)/b11-8+. The van der Waals surface area contributed by atoms with E-state index in [1.165, 1.54) is 18.2 Å². The zero-order valence-electron chi connectivity index (χ0n) is 16.3. The number of amides is 1. The fraction of sp³-hybridized carbons (Fsp3) is 0.304. The second-order valence-corrected chi connectivity index (χ2v) is 6.87. The molecule has 0 bridgehead atoms. The Hall–Kier alpha value is -2.99. The highest BCUT2D eigenvalue weighted by molar-refractivity contribution is 5.99. The number of hydrogen-bond acceptors (Lipinski definition) is 4. The second kappa shape index (κ2) is 9.47. The third kappa shape index (κ3) is 5.09. The van der Waals surface area contributed by atoms with Crippen LogP contribution >= 0.6 is 0 Å². The first kappa shape index (κ1) is 20.7. The van der Waals surface area contributed by atoms with E-state index in [-0.39, 0.29) is 11.7 Å². The number of rotatable bonds is 6. The summed E-state index contributed by atoms with van der Waals surface area (Å²) in [5.74, 6) is -0.943. The number of nitrogens with one attached hydrogen (secondary N) is 1. The van der Waals surface area contributed by atoms with Gasteiger partial charge in [-0.15, -0.1) is 0 Å². The Bertz CT molecular complexity index is 886. The zero-order valence-corrected chi connectivity index (χ0v) is 16.3. The van der Waals surface area contributed by atoms with Gasteiger partial charge in [-0.3, -0.25) is 4.79 Å². The van der Waals surface area contributed by atoms with Gasteiger partial charge < -0.3 is 14.8 Å². The van der Waals surface area contributed by atoms with Crippen molar-refractivity contribution in [2.24, 2.45) is 0 Å². The molecule has 0 radical (unpaired) electrons. The van der Waals surface area contributed by atoms with Crippen molar-refractivity contribution in [1.82, 2.24) is 0 Å². The van der Waals surface area contributed by atoms with Crippen LogP contribution in [0.3, 0.4) is 0 Å². The predicted octanol–water partition coefficient (Wildman–Crippen LogP) is 4.09. The molecule has 0 aliphatic carbocycles. The van der Waals surface area contributed by atoms with E-state index in [1.807, 2.05) is 0 Å². The fourth-order valence-electron chi connectivity index (χ4n) is 3.44. The summed E-state index contributed by atoms with van der Waals surface area (Å²) in [6.07, 6.45) is 3.99. The van der Waals surface area contributed by atoms with E-state index in [9.17, 15) is 14.0 Å². The number of esters is 1. The monoisotopic (exact) mass is 397 g/mol. The number of carbonyl (C=O) groups excluding carboxylic acids is 2. The van der Waals surface area contributed by atoms with Gasteiger partial charge in [-0.25, -0.2) is 9.18 Å². The molecule has 6 heteroatoms. The second-order valence-electron chi connectivity index (χ2n) is 6.87. The molecule has 0 unspecified atom stereocenters. The van der Waals surface area contributed by atoms with Crippen LogP contribution in [0.1, 0.15) is 30.9 Å². The number of benzene rings is 2. The third-order valence-electron chi connectivity index (χ3n) is 5.03. The summed E-state index contributed by atoms with van der Waals surface area (Å²) in [6.45, 7) is 2.97. The van der Waals surface area contributed by atoms with E-state index in [0.717, 1.165) is 5.56 Å². The van der Waals surface area contributed by atoms with Crippen LogP contribution in [-0.2, 0) is 24.5 Å². The molecule has 1 aliphatic rings. The highest BCUT2D eigenvalue weighted by atomic mass is 19.1. The first-order valence-electron chi connectivity index (χ1n) is 9.64. The summed E-state index contributed by atoms with van der Waals surface area (Å²) in [6, 6.07) is 13.3. The molecule has 0 spiro atoms. The molecule has 152 valence electrons. The molecular weight excluding hydrogens is 373 g/mol. The van der Waals surface area contributed by atoms with E-state index < -0.39 is 11.4 Å². The Kier molecular flexibility index (Phi) is 6.77. The van der Waals surface area contributed by atoms with Gasteiger partial charge in [0.05, 0.1) is 12.0 Å². The van der Waals surface area contributed by atoms with Crippen LogP contribution < -0.4 is 5.32 Å². The molecule has 1 N–H and O–H groups in total. The summed E-state index contributed by atoms with van der Waals surface area (Å²) in [5.41, 5.74) is 1.27. The van der Waals surface area contributed by atoms with Crippen molar-refractivity contribution in [2.45, 2.75) is 25.2 Å². The minimum Gasteiger partial charge on any atom is -0.463 e. The van der Waals surface area contributed by atoms with Gasteiger partial charge in [-0.05, 0) is 61.2 Å². The van der Waals surface area contributed by atoms with Crippen molar-refractivity contribution in [2.75, 3.05) is 25.1 Å². The van der Waals surface area contributed by atoms with Crippen LogP contribution in [0.15, 0.2) is 54.6 Å². The molecule has 0 atom stereocenters. The topological polar surface area (TPSA) is 64.6 Å². The molecule has 2 aromatic carbocycles. The lowest BCUT2D eigenvalue weighted by molar-refractivity contribution is -0.137. The maximum Gasteiger partial charge on any atom is 0.330 e. The number of halogens is 1. The first-order chi connectivity index (χ1) is 14.0. The number of carbonyl (C=O) groups is 2. The van der Waals surface area contributed by atoms with E-state index in [4.69, 9.17) is 9.47 Å². The smallest absolute Gasteiger partial charge is 0.330 e. The van der Waals surface area contributed by atoms with Gasteiger partial charge in [0.15, 0.2) is 0 Å². The maximum absolute atomic E-state index is 13.8. The molecule has 1 heterocycles. The largest absolute Gasteiger partial charge is 0.463 e. The molecule has 0 aromatic heterocycles. The molecule has 5 nitrogen and oxygen atoms in total. The molecule has 1 saturated heterocycles. The van der Waals surface area contributed by atoms with Crippen molar-refractivity contribution in [3.63, 3.8) is 0 Å². The van der Waals surface area contributed by atoms with Gasteiger partial charge in [0.25, 0.3) is 0 Å². The van der Waals surface area contributed by atoms with Crippen LogP contribution in [0.2, 0.25) is 0 Å². The molecule has 1 aliphatic heterocycles. The maximum atomic E-state index is 13.8. The SMILES string of the molecule is CCOC(=O)/C=C/c1ccc(NC(=O)C2(c3cccc(F)c3)CCOCC2)cc1. The summed E-state index contributed by atoms with van der Waals surface area (Å²) in [5, 5.41) is 2.95. The van der Waals surface area contributed by atoms with Crippen molar-refractivity contribution in [3.05, 3.63) is 71.6 Å². The van der Waals surface area contributed by atoms with Crippen LogP contribution in [0.4, 0.5) is 10.1 Å². The van der Waals surface area contributed by atoms with Gasteiger partial charge >= 0.3 is 5.97 Å². The Labute approximate surface area is 169 Å². The summed E-state index contributed by atoms with van der Waals surface area (Å²) < 4.78 is 24.1. The van der Waals surface area contributed by atoms with E-state index in [1.54, 1.807) is 49.4 Å². The van der Waals surface area contributed by atoms with Crippen LogP contribution in [0, 0.1) is 5.82 Å².